The lowest BCUT2D eigenvalue weighted by molar-refractivity contribution is -0.134. The van der Waals surface area contributed by atoms with Crippen LogP contribution in [-0.2, 0) is 14.3 Å². The Kier molecular flexibility index (Phi) is 4.98. The lowest BCUT2D eigenvalue weighted by Crippen LogP contribution is -2.31. The number of rotatable bonds is 5. The van der Waals surface area contributed by atoms with E-state index in [4.69, 9.17) is 4.74 Å². The van der Waals surface area contributed by atoms with Gasteiger partial charge in [0.1, 0.15) is 0 Å². The van der Waals surface area contributed by atoms with Gasteiger partial charge in [0.25, 0.3) is 0 Å². The molecule has 8 nitrogen and oxygen atoms in total. The zero-order chi connectivity index (χ0) is 20.2. The summed E-state index contributed by atoms with van der Waals surface area (Å²) >= 11 is 0. The van der Waals surface area contributed by atoms with Crippen molar-refractivity contribution in [2.24, 2.45) is 0 Å². The van der Waals surface area contributed by atoms with Crippen molar-refractivity contribution in [2.45, 2.75) is 6.04 Å². The topological polar surface area (TPSA) is 99.0 Å². The third kappa shape index (κ3) is 3.55. The van der Waals surface area contributed by atoms with E-state index in [2.05, 4.69) is 20.8 Å². The molecule has 3 aromatic rings. The number of anilines is 1. The normalized spacial score (nSPS) is 15.7. The number of esters is 1. The number of ketones is 1. The molecule has 2 heterocycles. The standard InChI is InChI=1S/C21H17N5O3/c1-29-20(28)19-17(16(27)13-12-14-8-4-2-5-9-14)18(15-10-6-3-7-11-15)22-21-23-24-25-26(19)21/h2-13,18H,1H3,(H,22,23,25)/b13-12+. The fraction of sp³-hybridized carbons (Fsp3) is 0.0952. The fourth-order valence-electron chi connectivity index (χ4n) is 3.15. The van der Waals surface area contributed by atoms with Crippen molar-refractivity contribution in [1.82, 2.24) is 20.2 Å². The zero-order valence-corrected chi connectivity index (χ0v) is 15.5. The van der Waals surface area contributed by atoms with Crippen molar-refractivity contribution in [2.75, 3.05) is 12.4 Å². The Morgan fingerprint density at radius 1 is 1.07 bits per heavy atom. The Morgan fingerprint density at radius 2 is 1.76 bits per heavy atom. The maximum absolute atomic E-state index is 13.2. The van der Waals surface area contributed by atoms with E-state index in [-0.39, 0.29) is 23.0 Å². The lowest BCUT2D eigenvalue weighted by atomic mass is 9.92. The Hall–Kier alpha value is -4.07. The van der Waals surface area contributed by atoms with Gasteiger partial charge < -0.3 is 10.1 Å². The number of benzene rings is 2. The summed E-state index contributed by atoms with van der Waals surface area (Å²) < 4.78 is 6.12. The first kappa shape index (κ1) is 18.3. The molecule has 2 aromatic carbocycles. The second-order valence-corrected chi connectivity index (χ2v) is 6.26. The van der Waals surface area contributed by atoms with Gasteiger partial charge in [-0.15, -0.1) is 0 Å². The molecule has 8 heteroatoms. The highest BCUT2D eigenvalue weighted by Crippen LogP contribution is 2.35. The summed E-state index contributed by atoms with van der Waals surface area (Å²) in [5.74, 6) is -0.794. The van der Waals surface area contributed by atoms with Crippen molar-refractivity contribution in [3.05, 3.63) is 83.4 Å². The van der Waals surface area contributed by atoms with Gasteiger partial charge in [0, 0.05) is 0 Å². The number of carbonyl (C=O) groups excluding carboxylic acids is 2. The quantitative estimate of drug-likeness (QED) is 0.530. The molecule has 0 bridgehead atoms. The van der Waals surface area contributed by atoms with E-state index in [0.29, 0.717) is 0 Å². The first-order chi connectivity index (χ1) is 14.2. The summed E-state index contributed by atoms with van der Waals surface area (Å²) in [5.41, 5.74) is 1.85. The van der Waals surface area contributed by atoms with E-state index < -0.39 is 12.0 Å². The van der Waals surface area contributed by atoms with Crippen LogP contribution in [0.4, 0.5) is 5.95 Å². The lowest BCUT2D eigenvalue weighted by Gasteiger charge is -2.27. The number of nitrogens with zero attached hydrogens (tertiary/aromatic N) is 4. The van der Waals surface area contributed by atoms with Crippen LogP contribution in [0.2, 0.25) is 0 Å². The number of methoxy groups -OCH3 is 1. The van der Waals surface area contributed by atoms with E-state index in [1.807, 2.05) is 60.7 Å². The second kappa shape index (κ2) is 7.89. The SMILES string of the molecule is COC(=O)C1=C(C(=O)/C=C/c2ccccc2)C(c2ccccc2)Nc2nnnn21. The van der Waals surface area contributed by atoms with E-state index in [1.165, 1.54) is 17.9 Å². The number of carbonyl (C=O) groups is 2. The monoisotopic (exact) mass is 387 g/mol. The summed E-state index contributed by atoms with van der Waals surface area (Å²) in [6.45, 7) is 0. The van der Waals surface area contributed by atoms with Crippen molar-refractivity contribution in [3.8, 4) is 0 Å². The highest BCUT2D eigenvalue weighted by atomic mass is 16.5. The van der Waals surface area contributed by atoms with Crippen molar-refractivity contribution in [1.29, 1.82) is 0 Å². The molecule has 144 valence electrons. The van der Waals surface area contributed by atoms with Crippen LogP contribution in [-0.4, -0.2) is 39.1 Å². The molecule has 1 unspecified atom stereocenters. The summed E-state index contributed by atoms with van der Waals surface area (Å²) in [5, 5.41) is 14.5. The third-order valence-corrected chi connectivity index (χ3v) is 4.50. The van der Waals surface area contributed by atoms with E-state index in [1.54, 1.807) is 6.08 Å². The molecule has 0 saturated heterocycles. The molecule has 0 aliphatic carbocycles. The highest BCUT2D eigenvalue weighted by Gasteiger charge is 2.37. The summed E-state index contributed by atoms with van der Waals surface area (Å²) in [6, 6.07) is 18.1. The Bertz CT molecular complexity index is 1100. The Balaban J connectivity index is 1.85. The number of allylic oxidation sites excluding steroid dienone is 1. The van der Waals surface area contributed by atoms with Gasteiger partial charge in [0.2, 0.25) is 5.95 Å². The van der Waals surface area contributed by atoms with Gasteiger partial charge in [0.15, 0.2) is 11.5 Å². The van der Waals surface area contributed by atoms with Gasteiger partial charge in [-0.3, -0.25) is 4.79 Å². The van der Waals surface area contributed by atoms with Gasteiger partial charge in [-0.05, 0) is 27.6 Å². The number of ether oxygens (including phenoxy) is 1. The molecule has 1 aromatic heterocycles. The minimum Gasteiger partial charge on any atom is -0.464 e. The minimum absolute atomic E-state index is 0.0113. The number of nitrogens with one attached hydrogen (secondary N) is 1. The van der Waals surface area contributed by atoms with E-state index in [9.17, 15) is 9.59 Å². The van der Waals surface area contributed by atoms with Crippen LogP contribution in [0, 0.1) is 0 Å². The molecular weight excluding hydrogens is 370 g/mol. The van der Waals surface area contributed by atoms with Crippen LogP contribution >= 0.6 is 0 Å². The number of tetrazole rings is 1. The number of hydrogen-bond acceptors (Lipinski definition) is 7. The molecule has 1 N–H and O–H groups in total. The first-order valence-electron chi connectivity index (χ1n) is 8.89. The fourth-order valence-corrected chi connectivity index (χ4v) is 3.15. The molecule has 0 fully saturated rings. The molecule has 1 aliphatic heterocycles. The molecular formula is C21H17N5O3. The minimum atomic E-state index is -0.697. The summed E-state index contributed by atoms with van der Waals surface area (Å²) in [6.07, 6.45) is 3.13. The maximum Gasteiger partial charge on any atom is 0.357 e. The molecule has 0 radical (unpaired) electrons. The van der Waals surface area contributed by atoms with Gasteiger partial charge >= 0.3 is 5.97 Å². The van der Waals surface area contributed by atoms with Crippen LogP contribution in [0.5, 0.6) is 0 Å². The molecule has 29 heavy (non-hydrogen) atoms. The van der Waals surface area contributed by atoms with Gasteiger partial charge in [-0.25, -0.2) is 4.79 Å². The van der Waals surface area contributed by atoms with Gasteiger partial charge in [0.05, 0.1) is 18.7 Å². The first-order valence-corrected chi connectivity index (χ1v) is 8.89. The molecule has 0 amide bonds. The van der Waals surface area contributed by atoms with Crippen LogP contribution in [0.3, 0.4) is 0 Å². The van der Waals surface area contributed by atoms with Crippen LogP contribution in [0.15, 0.2) is 72.3 Å². The third-order valence-electron chi connectivity index (χ3n) is 4.50. The number of hydrogen-bond donors (Lipinski definition) is 1. The van der Waals surface area contributed by atoms with Gasteiger partial charge in [-0.1, -0.05) is 71.8 Å². The van der Waals surface area contributed by atoms with Crippen molar-refractivity contribution < 1.29 is 14.3 Å². The molecule has 0 saturated carbocycles. The Morgan fingerprint density at radius 3 is 2.45 bits per heavy atom. The molecule has 1 aliphatic rings. The number of aromatic nitrogens is 4. The van der Waals surface area contributed by atoms with Crippen LogP contribution in [0.25, 0.3) is 11.8 Å². The Labute approximate surface area is 166 Å². The maximum atomic E-state index is 13.2. The largest absolute Gasteiger partial charge is 0.464 e. The molecule has 1 atom stereocenters. The van der Waals surface area contributed by atoms with Crippen molar-refractivity contribution in [3.63, 3.8) is 0 Å². The molecule has 0 spiro atoms. The van der Waals surface area contributed by atoms with Crippen LogP contribution in [0.1, 0.15) is 17.2 Å². The highest BCUT2D eigenvalue weighted by molar-refractivity contribution is 6.23. The van der Waals surface area contributed by atoms with Crippen LogP contribution < -0.4 is 5.32 Å². The average Bonchev–Trinajstić information content (AvgIpc) is 3.25. The predicted molar refractivity (Wildman–Crippen MR) is 106 cm³/mol. The zero-order valence-electron chi connectivity index (χ0n) is 15.5. The molecule has 4 rings (SSSR count). The predicted octanol–water partition coefficient (Wildman–Crippen LogP) is 2.51. The van der Waals surface area contributed by atoms with E-state index >= 15 is 0 Å². The average molecular weight is 387 g/mol. The van der Waals surface area contributed by atoms with Gasteiger partial charge in [-0.2, -0.15) is 4.68 Å². The summed E-state index contributed by atoms with van der Waals surface area (Å²) in [7, 11) is 1.25. The second-order valence-electron chi connectivity index (χ2n) is 6.26. The number of fused-ring (bicyclic) bond motifs is 1. The summed E-state index contributed by atoms with van der Waals surface area (Å²) in [4.78, 5) is 25.8. The van der Waals surface area contributed by atoms with E-state index in [0.717, 1.165) is 11.1 Å². The van der Waals surface area contributed by atoms with Crippen molar-refractivity contribution >= 4 is 29.5 Å². The smallest absolute Gasteiger partial charge is 0.357 e.